The molecule has 1 aromatic rings. The molecule has 2 atom stereocenters. The van der Waals surface area contributed by atoms with Gasteiger partial charge in [0.25, 0.3) is 0 Å². The van der Waals surface area contributed by atoms with Gasteiger partial charge in [-0.1, -0.05) is 0 Å². The number of pyridine rings is 1. The van der Waals surface area contributed by atoms with Crippen LogP contribution in [0.4, 0.5) is 0 Å². The monoisotopic (exact) mass is 215 g/mol. The summed E-state index contributed by atoms with van der Waals surface area (Å²) in [7, 11) is 1.49. The fourth-order valence-corrected chi connectivity index (χ4v) is 1.28. The number of ether oxygens (including phenoxy) is 1. The standard InChI is InChI=1S/C9H13NO3S/c1-13-7-3-2-4-10-8(7)9(12)6(11)5-14/h2-4,6,9,11-12,14H,5H2,1H3. The number of aliphatic hydroxyl groups is 2. The summed E-state index contributed by atoms with van der Waals surface area (Å²) >= 11 is 3.89. The SMILES string of the molecule is COc1cccnc1C(O)C(O)CS. The van der Waals surface area contributed by atoms with Gasteiger partial charge >= 0.3 is 0 Å². The van der Waals surface area contributed by atoms with E-state index in [0.29, 0.717) is 11.4 Å². The van der Waals surface area contributed by atoms with Crippen molar-refractivity contribution in [2.75, 3.05) is 12.9 Å². The fourth-order valence-electron chi connectivity index (χ4n) is 1.08. The van der Waals surface area contributed by atoms with Gasteiger partial charge in [-0.15, -0.1) is 0 Å². The van der Waals surface area contributed by atoms with Gasteiger partial charge in [-0.2, -0.15) is 12.6 Å². The Morgan fingerprint density at radius 1 is 1.57 bits per heavy atom. The molecular weight excluding hydrogens is 202 g/mol. The Labute approximate surface area is 88.0 Å². The predicted octanol–water partition coefficient (Wildman–Crippen LogP) is 0.414. The van der Waals surface area contributed by atoms with Gasteiger partial charge in [0.2, 0.25) is 0 Å². The minimum Gasteiger partial charge on any atom is -0.495 e. The molecule has 0 aromatic carbocycles. The maximum Gasteiger partial charge on any atom is 0.143 e. The molecule has 0 amide bonds. The van der Waals surface area contributed by atoms with Gasteiger partial charge in [-0.25, -0.2) is 0 Å². The molecule has 5 heteroatoms. The van der Waals surface area contributed by atoms with Crippen LogP contribution in [0.1, 0.15) is 11.8 Å². The smallest absolute Gasteiger partial charge is 0.143 e. The van der Waals surface area contributed by atoms with E-state index in [0.717, 1.165) is 0 Å². The summed E-state index contributed by atoms with van der Waals surface area (Å²) in [6.45, 7) is 0. The number of nitrogens with zero attached hydrogens (tertiary/aromatic N) is 1. The molecule has 1 rings (SSSR count). The van der Waals surface area contributed by atoms with Crippen molar-refractivity contribution in [3.8, 4) is 5.75 Å². The third-order valence-corrected chi connectivity index (χ3v) is 2.23. The first kappa shape index (κ1) is 11.3. The zero-order chi connectivity index (χ0) is 10.6. The van der Waals surface area contributed by atoms with Gasteiger partial charge in [0.1, 0.15) is 17.5 Å². The largest absolute Gasteiger partial charge is 0.495 e. The summed E-state index contributed by atoms with van der Waals surface area (Å²) in [4.78, 5) is 3.95. The summed E-state index contributed by atoms with van der Waals surface area (Å²) in [5.41, 5.74) is 0.330. The number of aliphatic hydroxyl groups excluding tert-OH is 2. The topological polar surface area (TPSA) is 62.6 Å². The van der Waals surface area contributed by atoms with Gasteiger partial charge in [0, 0.05) is 11.9 Å². The zero-order valence-corrected chi connectivity index (χ0v) is 8.69. The van der Waals surface area contributed by atoms with Crippen molar-refractivity contribution < 1.29 is 14.9 Å². The molecular formula is C9H13NO3S. The molecule has 0 fully saturated rings. The minimum atomic E-state index is -1.07. The average Bonchev–Trinajstić information content (AvgIpc) is 2.26. The third kappa shape index (κ3) is 2.37. The van der Waals surface area contributed by atoms with E-state index in [4.69, 9.17) is 4.74 Å². The van der Waals surface area contributed by atoms with E-state index in [1.807, 2.05) is 0 Å². The summed E-state index contributed by atoms with van der Waals surface area (Å²) in [6.07, 6.45) is -0.474. The van der Waals surface area contributed by atoms with Crippen LogP contribution in [0, 0.1) is 0 Å². The zero-order valence-electron chi connectivity index (χ0n) is 7.79. The lowest BCUT2D eigenvalue weighted by Crippen LogP contribution is -2.21. The molecule has 14 heavy (non-hydrogen) atoms. The number of aromatic nitrogens is 1. The number of rotatable bonds is 4. The van der Waals surface area contributed by atoms with Crippen molar-refractivity contribution in [2.45, 2.75) is 12.2 Å². The first-order valence-electron chi connectivity index (χ1n) is 4.16. The molecule has 0 aliphatic rings. The fraction of sp³-hybridized carbons (Fsp3) is 0.444. The highest BCUT2D eigenvalue weighted by Gasteiger charge is 2.21. The molecule has 2 unspecified atom stereocenters. The first-order chi connectivity index (χ1) is 6.70. The Bertz CT molecular complexity index is 295. The number of methoxy groups -OCH3 is 1. The second-order valence-corrected chi connectivity index (χ2v) is 3.15. The van der Waals surface area contributed by atoms with Crippen molar-refractivity contribution in [3.63, 3.8) is 0 Å². The molecule has 1 heterocycles. The maximum atomic E-state index is 9.66. The van der Waals surface area contributed by atoms with Crippen LogP contribution >= 0.6 is 12.6 Å². The highest BCUT2D eigenvalue weighted by Crippen LogP contribution is 2.24. The second-order valence-electron chi connectivity index (χ2n) is 2.79. The van der Waals surface area contributed by atoms with Crippen LogP contribution in [0.25, 0.3) is 0 Å². The highest BCUT2D eigenvalue weighted by atomic mass is 32.1. The van der Waals surface area contributed by atoms with Crippen LogP contribution in [0.2, 0.25) is 0 Å². The number of hydrogen-bond acceptors (Lipinski definition) is 5. The molecule has 0 saturated carbocycles. The minimum absolute atomic E-state index is 0.168. The molecule has 0 radical (unpaired) electrons. The summed E-state index contributed by atoms with van der Waals surface area (Å²) < 4.78 is 5.00. The van der Waals surface area contributed by atoms with Crippen LogP contribution in [0.3, 0.4) is 0 Å². The Kier molecular flexibility index (Phi) is 4.19. The summed E-state index contributed by atoms with van der Waals surface area (Å²) in [5.74, 6) is 0.627. The lowest BCUT2D eigenvalue weighted by Gasteiger charge is -2.17. The third-order valence-electron chi connectivity index (χ3n) is 1.85. The van der Waals surface area contributed by atoms with Crippen LogP contribution in [0.5, 0.6) is 5.75 Å². The normalized spacial score (nSPS) is 14.9. The average molecular weight is 215 g/mol. The molecule has 1 aromatic heterocycles. The van der Waals surface area contributed by atoms with Crippen molar-refractivity contribution >= 4 is 12.6 Å². The summed E-state index contributed by atoms with van der Waals surface area (Å²) in [5, 5.41) is 19.0. The van der Waals surface area contributed by atoms with Gasteiger partial charge in [-0.3, -0.25) is 4.98 Å². The number of hydrogen-bond donors (Lipinski definition) is 3. The van der Waals surface area contributed by atoms with Gasteiger partial charge in [0.05, 0.1) is 13.2 Å². The molecule has 78 valence electrons. The number of thiol groups is 1. The van der Waals surface area contributed by atoms with E-state index in [2.05, 4.69) is 17.6 Å². The Morgan fingerprint density at radius 3 is 2.86 bits per heavy atom. The van der Waals surface area contributed by atoms with E-state index in [9.17, 15) is 10.2 Å². The Balaban J connectivity index is 2.93. The molecule has 4 nitrogen and oxygen atoms in total. The first-order valence-corrected chi connectivity index (χ1v) is 4.79. The molecule has 0 spiro atoms. The van der Waals surface area contributed by atoms with E-state index in [-0.39, 0.29) is 5.75 Å². The summed E-state index contributed by atoms with van der Waals surface area (Å²) in [6, 6.07) is 3.37. The van der Waals surface area contributed by atoms with Gasteiger partial charge in [-0.05, 0) is 12.1 Å². The Hall–Kier alpha value is -0.780. The quantitative estimate of drug-likeness (QED) is 0.637. The van der Waals surface area contributed by atoms with Crippen LogP contribution in [0.15, 0.2) is 18.3 Å². The van der Waals surface area contributed by atoms with Crippen LogP contribution in [-0.2, 0) is 0 Å². The molecule has 2 N–H and O–H groups in total. The van der Waals surface area contributed by atoms with Crippen molar-refractivity contribution in [3.05, 3.63) is 24.0 Å². The van der Waals surface area contributed by atoms with Crippen molar-refractivity contribution in [1.29, 1.82) is 0 Å². The molecule has 0 saturated heterocycles. The van der Waals surface area contributed by atoms with E-state index >= 15 is 0 Å². The van der Waals surface area contributed by atoms with Crippen LogP contribution < -0.4 is 4.74 Å². The van der Waals surface area contributed by atoms with Gasteiger partial charge in [0.15, 0.2) is 0 Å². The van der Waals surface area contributed by atoms with Gasteiger partial charge < -0.3 is 14.9 Å². The van der Waals surface area contributed by atoms with E-state index in [1.165, 1.54) is 13.3 Å². The van der Waals surface area contributed by atoms with Crippen molar-refractivity contribution in [2.24, 2.45) is 0 Å². The maximum absolute atomic E-state index is 9.66. The van der Waals surface area contributed by atoms with E-state index < -0.39 is 12.2 Å². The highest BCUT2D eigenvalue weighted by molar-refractivity contribution is 7.80. The van der Waals surface area contributed by atoms with Crippen molar-refractivity contribution in [1.82, 2.24) is 4.98 Å². The predicted molar refractivity (Wildman–Crippen MR) is 55.6 cm³/mol. The lowest BCUT2D eigenvalue weighted by atomic mass is 10.1. The van der Waals surface area contributed by atoms with E-state index in [1.54, 1.807) is 12.1 Å². The van der Waals surface area contributed by atoms with Crippen LogP contribution in [-0.4, -0.2) is 34.2 Å². The molecule has 0 bridgehead atoms. The Morgan fingerprint density at radius 2 is 2.29 bits per heavy atom. The molecule has 0 aliphatic carbocycles. The molecule has 0 aliphatic heterocycles. The second kappa shape index (κ2) is 5.19. The lowest BCUT2D eigenvalue weighted by molar-refractivity contribution is 0.0294.